The van der Waals surface area contributed by atoms with Crippen LogP contribution in [-0.2, 0) is 4.74 Å². The molecule has 1 heterocycles. The maximum Gasteiger partial charge on any atom is 0.410 e. The minimum Gasteiger partial charge on any atom is -0.492 e. The first-order valence-corrected chi connectivity index (χ1v) is 9.97. The van der Waals surface area contributed by atoms with Gasteiger partial charge in [0, 0.05) is 26.7 Å². The van der Waals surface area contributed by atoms with Crippen molar-refractivity contribution >= 4 is 36.0 Å². The molecule has 1 saturated heterocycles. The predicted octanol–water partition coefficient (Wildman–Crippen LogP) is 3.50. The van der Waals surface area contributed by atoms with Gasteiger partial charge < -0.3 is 25.0 Å². The molecule has 0 bridgehead atoms. The van der Waals surface area contributed by atoms with E-state index in [9.17, 15) is 4.79 Å². The van der Waals surface area contributed by atoms with Crippen LogP contribution in [0.4, 0.5) is 4.79 Å². The van der Waals surface area contributed by atoms with Crippen LogP contribution in [-0.4, -0.2) is 62.4 Å². The van der Waals surface area contributed by atoms with Crippen LogP contribution in [0.5, 0.6) is 5.75 Å². The van der Waals surface area contributed by atoms with E-state index in [1.54, 1.807) is 11.9 Å². The van der Waals surface area contributed by atoms with Gasteiger partial charge in [-0.15, -0.1) is 24.0 Å². The number of guanidine groups is 1. The summed E-state index contributed by atoms with van der Waals surface area (Å²) in [4.78, 5) is 18.2. The van der Waals surface area contributed by atoms with Gasteiger partial charge in [-0.25, -0.2) is 4.79 Å². The summed E-state index contributed by atoms with van der Waals surface area (Å²) in [7, 11) is 1.76. The Morgan fingerprint density at radius 1 is 1.17 bits per heavy atom. The van der Waals surface area contributed by atoms with E-state index in [1.165, 1.54) is 0 Å². The molecule has 8 heteroatoms. The van der Waals surface area contributed by atoms with Crippen LogP contribution in [0.2, 0.25) is 0 Å². The average molecular weight is 518 g/mol. The zero-order valence-electron chi connectivity index (χ0n) is 17.9. The molecule has 1 aliphatic rings. The molecular weight excluding hydrogens is 483 g/mol. The first-order valence-electron chi connectivity index (χ1n) is 9.97. The molecule has 7 nitrogen and oxygen atoms in total. The number of piperidine rings is 1. The zero-order chi connectivity index (χ0) is 20.4. The van der Waals surface area contributed by atoms with E-state index in [4.69, 9.17) is 9.47 Å². The first kappa shape index (κ1) is 25.3. The number of hydrogen-bond acceptors (Lipinski definition) is 4. The Bertz CT molecular complexity index is 627. The van der Waals surface area contributed by atoms with Crippen molar-refractivity contribution < 1.29 is 14.3 Å². The summed E-state index contributed by atoms with van der Waals surface area (Å²) in [5.74, 6) is 2.15. The highest BCUT2D eigenvalue weighted by Crippen LogP contribution is 2.19. The Morgan fingerprint density at radius 2 is 1.83 bits per heavy atom. The van der Waals surface area contributed by atoms with E-state index in [1.807, 2.05) is 51.1 Å². The van der Waals surface area contributed by atoms with Crippen molar-refractivity contribution in [3.8, 4) is 5.75 Å². The monoisotopic (exact) mass is 518 g/mol. The number of carbonyl (C=O) groups excluding carboxylic acids is 1. The number of aliphatic imine (C=N–C) groups is 1. The third kappa shape index (κ3) is 10.0. The minimum atomic E-state index is -0.447. The van der Waals surface area contributed by atoms with Gasteiger partial charge in [0.05, 0.1) is 6.54 Å². The molecule has 29 heavy (non-hydrogen) atoms. The standard InChI is InChI=1S/C21H34N4O3.HI/c1-21(2,3)28-20(26)25-13-10-17(11-14-25)16-24-19(22-4)23-12-15-27-18-8-6-5-7-9-18;/h5-9,17H,10-16H2,1-4H3,(H2,22,23,24);1H. The van der Waals surface area contributed by atoms with Crippen LogP contribution in [0.3, 0.4) is 0 Å². The van der Waals surface area contributed by atoms with Gasteiger partial charge in [0.25, 0.3) is 0 Å². The molecule has 1 aromatic carbocycles. The van der Waals surface area contributed by atoms with Gasteiger partial charge in [-0.2, -0.15) is 0 Å². The van der Waals surface area contributed by atoms with Crippen LogP contribution in [0.25, 0.3) is 0 Å². The fourth-order valence-corrected chi connectivity index (χ4v) is 2.96. The van der Waals surface area contributed by atoms with Crippen molar-refractivity contribution in [2.45, 2.75) is 39.2 Å². The van der Waals surface area contributed by atoms with Gasteiger partial charge >= 0.3 is 6.09 Å². The Kier molecular flexibility index (Phi) is 11.2. The Hall–Kier alpha value is -1.71. The van der Waals surface area contributed by atoms with Crippen LogP contribution >= 0.6 is 24.0 Å². The molecule has 164 valence electrons. The molecule has 0 spiro atoms. The first-order chi connectivity index (χ1) is 13.4. The highest BCUT2D eigenvalue weighted by molar-refractivity contribution is 14.0. The summed E-state index contributed by atoms with van der Waals surface area (Å²) in [6.07, 6.45) is 1.70. The number of ether oxygens (including phenoxy) is 2. The molecule has 1 aromatic rings. The summed E-state index contributed by atoms with van der Waals surface area (Å²) >= 11 is 0. The Morgan fingerprint density at radius 3 is 2.41 bits per heavy atom. The lowest BCUT2D eigenvalue weighted by Gasteiger charge is -2.33. The average Bonchev–Trinajstić information content (AvgIpc) is 2.67. The SMILES string of the molecule is CN=C(NCCOc1ccccc1)NCC1CCN(C(=O)OC(C)(C)C)CC1.I. The van der Waals surface area contributed by atoms with Crippen LogP contribution in [0.1, 0.15) is 33.6 Å². The smallest absolute Gasteiger partial charge is 0.410 e. The number of rotatable bonds is 6. The second-order valence-electron chi connectivity index (χ2n) is 7.95. The molecule has 0 aromatic heterocycles. The van der Waals surface area contributed by atoms with Crippen molar-refractivity contribution in [2.75, 3.05) is 39.8 Å². The highest BCUT2D eigenvalue weighted by Gasteiger charge is 2.26. The third-order valence-electron chi connectivity index (χ3n) is 4.45. The van der Waals surface area contributed by atoms with Crippen molar-refractivity contribution in [3.63, 3.8) is 0 Å². The summed E-state index contributed by atoms with van der Waals surface area (Å²) in [5.41, 5.74) is -0.447. The van der Waals surface area contributed by atoms with Crippen molar-refractivity contribution in [1.29, 1.82) is 0 Å². The quantitative estimate of drug-likeness (QED) is 0.261. The third-order valence-corrected chi connectivity index (χ3v) is 4.45. The van der Waals surface area contributed by atoms with Gasteiger partial charge in [-0.3, -0.25) is 4.99 Å². The van der Waals surface area contributed by atoms with Gasteiger partial charge in [-0.05, 0) is 51.7 Å². The predicted molar refractivity (Wildman–Crippen MR) is 127 cm³/mol. The summed E-state index contributed by atoms with van der Waals surface area (Å²) < 4.78 is 11.1. The molecular formula is C21H35IN4O3. The van der Waals surface area contributed by atoms with Gasteiger partial charge in [-0.1, -0.05) is 18.2 Å². The van der Waals surface area contributed by atoms with Crippen molar-refractivity contribution in [2.24, 2.45) is 10.9 Å². The van der Waals surface area contributed by atoms with E-state index in [0.29, 0.717) is 19.1 Å². The second kappa shape index (κ2) is 12.8. The maximum atomic E-state index is 12.1. The Labute approximate surface area is 191 Å². The topological polar surface area (TPSA) is 75.2 Å². The molecule has 2 rings (SSSR count). The van der Waals surface area contributed by atoms with Crippen LogP contribution < -0.4 is 15.4 Å². The van der Waals surface area contributed by atoms with E-state index in [-0.39, 0.29) is 30.1 Å². The molecule has 0 aliphatic carbocycles. The highest BCUT2D eigenvalue weighted by atomic mass is 127. The summed E-state index contributed by atoms with van der Waals surface area (Å²) in [6, 6.07) is 9.76. The zero-order valence-corrected chi connectivity index (χ0v) is 20.3. The minimum absolute atomic E-state index is 0. The van der Waals surface area contributed by atoms with Crippen molar-refractivity contribution in [1.82, 2.24) is 15.5 Å². The van der Waals surface area contributed by atoms with Gasteiger partial charge in [0.2, 0.25) is 0 Å². The molecule has 0 radical (unpaired) electrons. The van der Waals surface area contributed by atoms with Crippen LogP contribution in [0, 0.1) is 5.92 Å². The van der Waals surface area contributed by atoms with E-state index in [2.05, 4.69) is 15.6 Å². The van der Waals surface area contributed by atoms with Gasteiger partial charge in [0.15, 0.2) is 5.96 Å². The number of benzene rings is 1. The number of likely N-dealkylation sites (tertiary alicyclic amines) is 1. The lowest BCUT2D eigenvalue weighted by atomic mass is 9.97. The number of carbonyl (C=O) groups is 1. The molecule has 2 N–H and O–H groups in total. The number of hydrogen-bond donors (Lipinski definition) is 2. The normalized spacial score (nSPS) is 15.3. The number of halogens is 1. The fraction of sp³-hybridized carbons (Fsp3) is 0.619. The lowest BCUT2D eigenvalue weighted by molar-refractivity contribution is 0.0185. The largest absolute Gasteiger partial charge is 0.492 e. The molecule has 1 aliphatic heterocycles. The molecule has 0 atom stereocenters. The number of nitrogens with zero attached hydrogens (tertiary/aromatic N) is 2. The van der Waals surface area contributed by atoms with Gasteiger partial charge in [0.1, 0.15) is 18.0 Å². The molecule has 0 saturated carbocycles. The van der Waals surface area contributed by atoms with E-state index >= 15 is 0 Å². The van der Waals surface area contributed by atoms with E-state index < -0.39 is 5.60 Å². The number of amides is 1. The summed E-state index contributed by atoms with van der Waals surface area (Å²) in [6.45, 7) is 9.23. The molecule has 1 amide bonds. The van der Waals surface area contributed by atoms with Crippen molar-refractivity contribution in [3.05, 3.63) is 30.3 Å². The number of para-hydroxylation sites is 1. The fourth-order valence-electron chi connectivity index (χ4n) is 2.96. The summed E-state index contributed by atoms with van der Waals surface area (Å²) in [5, 5.41) is 6.63. The Balaban J connectivity index is 0.00000420. The molecule has 1 fully saturated rings. The number of nitrogens with one attached hydrogen (secondary N) is 2. The second-order valence-corrected chi connectivity index (χ2v) is 7.95. The maximum absolute atomic E-state index is 12.1. The van der Waals surface area contributed by atoms with E-state index in [0.717, 1.165) is 44.2 Å². The molecule has 0 unspecified atom stereocenters. The lowest BCUT2D eigenvalue weighted by Crippen LogP contribution is -2.45. The van der Waals surface area contributed by atoms with Crippen LogP contribution in [0.15, 0.2) is 35.3 Å².